The topological polar surface area (TPSA) is 58.6 Å². The molecule has 0 atom stereocenters. The summed E-state index contributed by atoms with van der Waals surface area (Å²) in [5.74, 6) is -0.227. The summed E-state index contributed by atoms with van der Waals surface area (Å²) in [6.07, 6.45) is 5.78. The highest BCUT2D eigenvalue weighted by molar-refractivity contribution is 5.71. The van der Waals surface area contributed by atoms with Gasteiger partial charge >= 0.3 is 5.97 Å². The van der Waals surface area contributed by atoms with Crippen LogP contribution in [0, 0.1) is 0 Å². The molecule has 0 aromatic heterocycles. The molecule has 16 heavy (non-hydrogen) atoms. The van der Waals surface area contributed by atoms with Crippen LogP contribution in [0.3, 0.4) is 0 Å². The van der Waals surface area contributed by atoms with Gasteiger partial charge in [-0.1, -0.05) is 26.2 Å². The average Bonchev–Trinajstić information content (AvgIpc) is 2.66. The molecule has 0 heterocycles. The van der Waals surface area contributed by atoms with Crippen LogP contribution in [0.5, 0.6) is 0 Å². The fraction of sp³-hybridized carbons (Fsp3) is 0.917. The lowest BCUT2D eigenvalue weighted by atomic mass is 10.0. The Labute approximate surface area is 97.4 Å². The van der Waals surface area contributed by atoms with Crippen molar-refractivity contribution in [1.29, 1.82) is 0 Å². The molecule has 4 heteroatoms. The van der Waals surface area contributed by atoms with Crippen LogP contribution in [0.2, 0.25) is 0 Å². The molecular weight excluding hydrogens is 206 g/mol. The molecule has 0 aromatic carbocycles. The molecule has 0 aromatic rings. The third-order valence-corrected chi connectivity index (χ3v) is 3.02. The molecular formula is C12H23NO3. The van der Waals surface area contributed by atoms with Crippen molar-refractivity contribution in [2.24, 2.45) is 0 Å². The number of hydrogen-bond donors (Lipinski definition) is 2. The molecule has 0 aliphatic heterocycles. The molecule has 1 saturated carbocycles. The Morgan fingerprint density at radius 2 is 2.12 bits per heavy atom. The van der Waals surface area contributed by atoms with Crippen molar-refractivity contribution < 1.29 is 14.6 Å². The van der Waals surface area contributed by atoms with Crippen LogP contribution in [0.4, 0.5) is 0 Å². The minimum absolute atomic E-state index is 0.200. The van der Waals surface area contributed by atoms with Crippen LogP contribution in [0.15, 0.2) is 0 Å². The number of carbonyl (C=O) groups is 1. The summed E-state index contributed by atoms with van der Waals surface area (Å²) in [6, 6.07) is 0. The molecule has 94 valence electrons. The molecule has 1 fully saturated rings. The lowest BCUT2D eigenvalue weighted by molar-refractivity contribution is -0.142. The smallest absolute Gasteiger partial charge is 0.319 e. The number of nitrogens with one attached hydrogen (secondary N) is 1. The number of carbonyl (C=O) groups excluding carboxylic acids is 1. The summed E-state index contributed by atoms with van der Waals surface area (Å²) in [4.78, 5) is 11.2. The molecule has 0 bridgehead atoms. The number of rotatable bonds is 7. The SMILES string of the molecule is CCCCOC(=O)CNCC1(O)CCCC1. The summed E-state index contributed by atoms with van der Waals surface area (Å²) in [5.41, 5.74) is -0.594. The van der Waals surface area contributed by atoms with Gasteiger partial charge < -0.3 is 15.2 Å². The van der Waals surface area contributed by atoms with E-state index in [2.05, 4.69) is 12.2 Å². The van der Waals surface area contributed by atoms with Crippen molar-refractivity contribution in [1.82, 2.24) is 5.32 Å². The maximum absolute atomic E-state index is 11.2. The lowest BCUT2D eigenvalue weighted by Gasteiger charge is -2.22. The standard InChI is InChI=1S/C12H23NO3/c1-2-3-8-16-11(14)9-13-10-12(15)6-4-5-7-12/h13,15H,2-10H2,1H3. The molecule has 0 amide bonds. The molecule has 0 radical (unpaired) electrons. The van der Waals surface area contributed by atoms with E-state index in [1.165, 1.54) is 0 Å². The maximum Gasteiger partial charge on any atom is 0.319 e. The Kier molecular flexibility index (Phi) is 5.77. The largest absolute Gasteiger partial charge is 0.465 e. The summed E-state index contributed by atoms with van der Waals surface area (Å²) in [5, 5.41) is 13.0. The van der Waals surface area contributed by atoms with Crippen molar-refractivity contribution in [2.75, 3.05) is 19.7 Å². The van der Waals surface area contributed by atoms with Gasteiger partial charge in [-0.05, 0) is 19.3 Å². The summed E-state index contributed by atoms with van der Waals surface area (Å²) in [7, 11) is 0. The van der Waals surface area contributed by atoms with Gasteiger partial charge in [0.25, 0.3) is 0 Å². The van der Waals surface area contributed by atoms with E-state index in [-0.39, 0.29) is 12.5 Å². The number of unbranched alkanes of at least 4 members (excludes halogenated alkanes) is 1. The van der Waals surface area contributed by atoms with Crippen molar-refractivity contribution in [3.63, 3.8) is 0 Å². The first-order valence-electron chi connectivity index (χ1n) is 6.25. The van der Waals surface area contributed by atoms with Crippen molar-refractivity contribution in [3.05, 3.63) is 0 Å². The van der Waals surface area contributed by atoms with E-state index in [0.29, 0.717) is 13.2 Å². The van der Waals surface area contributed by atoms with E-state index >= 15 is 0 Å². The summed E-state index contributed by atoms with van der Waals surface area (Å²) >= 11 is 0. The van der Waals surface area contributed by atoms with E-state index in [0.717, 1.165) is 38.5 Å². The molecule has 1 rings (SSSR count). The van der Waals surface area contributed by atoms with Crippen LogP contribution in [0.1, 0.15) is 45.4 Å². The Morgan fingerprint density at radius 3 is 2.75 bits per heavy atom. The molecule has 0 unspecified atom stereocenters. The van der Waals surface area contributed by atoms with Gasteiger partial charge in [0.2, 0.25) is 0 Å². The van der Waals surface area contributed by atoms with E-state index in [9.17, 15) is 9.90 Å². The first-order valence-corrected chi connectivity index (χ1v) is 6.25. The lowest BCUT2D eigenvalue weighted by Crippen LogP contribution is -2.40. The van der Waals surface area contributed by atoms with E-state index < -0.39 is 5.60 Å². The Bertz CT molecular complexity index is 212. The minimum Gasteiger partial charge on any atom is -0.465 e. The predicted molar refractivity (Wildman–Crippen MR) is 62.2 cm³/mol. The van der Waals surface area contributed by atoms with Crippen LogP contribution in [-0.2, 0) is 9.53 Å². The molecule has 2 N–H and O–H groups in total. The van der Waals surface area contributed by atoms with E-state index in [1.807, 2.05) is 0 Å². The molecule has 4 nitrogen and oxygen atoms in total. The van der Waals surface area contributed by atoms with Gasteiger partial charge in [0.1, 0.15) is 0 Å². The van der Waals surface area contributed by atoms with Gasteiger partial charge in [-0.25, -0.2) is 0 Å². The normalized spacial score (nSPS) is 18.6. The monoisotopic (exact) mass is 229 g/mol. The first-order chi connectivity index (χ1) is 7.66. The molecule has 1 aliphatic carbocycles. The van der Waals surface area contributed by atoms with Crippen molar-refractivity contribution in [2.45, 2.75) is 51.0 Å². The zero-order valence-electron chi connectivity index (χ0n) is 10.1. The maximum atomic E-state index is 11.2. The zero-order valence-corrected chi connectivity index (χ0v) is 10.1. The molecule has 0 saturated heterocycles. The van der Waals surface area contributed by atoms with Gasteiger partial charge in [-0.2, -0.15) is 0 Å². The minimum atomic E-state index is -0.594. The Morgan fingerprint density at radius 1 is 1.44 bits per heavy atom. The second kappa shape index (κ2) is 6.86. The highest BCUT2D eigenvalue weighted by Crippen LogP contribution is 2.28. The van der Waals surface area contributed by atoms with Crippen LogP contribution >= 0.6 is 0 Å². The Balaban J connectivity index is 2.03. The van der Waals surface area contributed by atoms with Gasteiger partial charge in [-0.15, -0.1) is 0 Å². The van der Waals surface area contributed by atoms with Gasteiger partial charge in [-0.3, -0.25) is 4.79 Å². The van der Waals surface area contributed by atoms with Gasteiger partial charge in [0.15, 0.2) is 0 Å². The fourth-order valence-electron chi connectivity index (χ4n) is 1.99. The third kappa shape index (κ3) is 4.94. The predicted octanol–water partition coefficient (Wildman–Crippen LogP) is 1.22. The number of hydrogen-bond acceptors (Lipinski definition) is 4. The van der Waals surface area contributed by atoms with E-state index in [4.69, 9.17) is 4.74 Å². The number of ether oxygens (including phenoxy) is 1. The molecule has 0 spiro atoms. The van der Waals surface area contributed by atoms with Crippen molar-refractivity contribution >= 4 is 5.97 Å². The van der Waals surface area contributed by atoms with E-state index in [1.54, 1.807) is 0 Å². The quantitative estimate of drug-likeness (QED) is 0.509. The highest BCUT2D eigenvalue weighted by atomic mass is 16.5. The highest BCUT2D eigenvalue weighted by Gasteiger charge is 2.30. The summed E-state index contributed by atoms with van der Waals surface area (Å²) < 4.78 is 5.00. The van der Waals surface area contributed by atoms with Gasteiger partial charge in [0.05, 0.1) is 18.8 Å². The van der Waals surface area contributed by atoms with Crippen LogP contribution in [-0.4, -0.2) is 36.4 Å². The number of aliphatic hydroxyl groups is 1. The first kappa shape index (κ1) is 13.5. The fourth-order valence-corrected chi connectivity index (χ4v) is 1.99. The molecule has 1 aliphatic rings. The van der Waals surface area contributed by atoms with Crippen LogP contribution < -0.4 is 5.32 Å². The Hall–Kier alpha value is -0.610. The second-order valence-corrected chi connectivity index (χ2v) is 4.61. The van der Waals surface area contributed by atoms with Gasteiger partial charge in [0, 0.05) is 6.54 Å². The second-order valence-electron chi connectivity index (χ2n) is 4.61. The average molecular weight is 229 g/mol. The zero-order chi connectivity index (χ0) is 11.9. The van der Waals surface area contributed by atoms with Crippen molar-refractivity contribution in [3.8, 4) is 0 Å². The summed E-state index contributed by atoms with van der Waals surface area (Å²) in [6.45, 7) is 3.25. The third-order valence-electron chi connectivity index (χ3n) is 3.02. The number of esters is 1. The van der Waals surface area contributed by atoms with Crippen LogP contribution in [0.25, 0.3) is 0 Å².